The lowest BCUT2D eigenvalue weighted by molar-refractivity contribution is 0.532. The Bertz CT molecular complexity index is 524. The summed E-state index contributed by atoms with van der Waals surface area (Å²) in [5.41, 5.74) is 1.34. The second-order valence-electron chi connectivity index (χ2n) is 4.50. The van der Waals surface area contributed by atoms with Gasteiger partial charge in [-0.2, -0.15) is 0 Å². The van der Waals surface area contributed by atoms with Crippen molar-refractivity contribution in [2.45, 2.75) is 25.8 Å². The predicted octanol–water partition coefficient (Wildman–Crippen LogP) is 5.56. The Hall–Kier alpha value is -0.160. The minimum atomic E-state index is 0.378. The van der Waals surface area contributed by atoms with Crippen LogP contribution in [0.5, 0.6) is 0 Å². The van der Waals surface area contributed by atoms with Gasteiger partial charge in [0.1, 0.15) is 0 Å². The molecule has 2 rings (SSSR count). The molecule has 1 aromatic heterocycles. The lowest BCUT2D eigenvalue weighted by Gasteiger charge is -2.18. The third kappa shape index (κ3) is 4.71. The number of nitrogens with one attached hydrogen (secondary N) is 1. The Labute approximate surface area is 135 Å². The van der Waals surface area contributed by atoms with Crippen molar-refractivity contribution >= 4 is 43.2 Å². The predicted molar refractivity (Wildman–Crippen MR) is 90.9 cm³/mol. The van der Waals surface area contributed by atoms with E-state index in [-0.39, 0.29) is 0 Å². The molecular weight excluding hydrogens is 386 g/mol. The highest BCUT2D eigenvalue weighted by Gasteiger charge is 2.13. The van der Waals surface area contributed by atoms with Gasteiger partial charge in [-0.1, -0.05) is 35.0 Å². The fourth-order valence-electron chi connectivity index (χ4n) is 2.01. The molecule has 0 radical (unpaired) electrons. The minimum Gasteiger partial charge on any atom is -0.310 e. The van der Waals surface area contributed by atoms with Crippen LogP contribution >= 0.6 is 43.2 Å². The van der Waals surface area contributed by atoms with Crippen LogP contribution in [0.1, 0.15) is 29.8 Å². The molecule has 1 atom stereocenters. The van der Waals surface area contributed by atoms with Crippen LogP contribution in [0.25, 0.3) is 0 Å². The zero-order valence-corrected chi connectivity index (χ0v) is 14.8. The number of benzene rings is 1. The van der Waals surface area contributed by atoms with Gasteiger partial charge in [0, 0.05) is 31.7 Å². The summed E-state index contributed by atoms with van der Waals surface area (Å²) in [4.78, 5) is 1.40. The van der Waals surface area contributed by atoms with Crippen LogP contribution in [-0.2, 0) is 6.42 Å². The molecule has 1 heterocycles. The summed E-state index contributed by atoms with van der Waals surface area (Å²) >= 11 is 8.89. The van der Waals surface area contributed by atoms with E-state index in [0.717, 1.165) is 23.9 Å². The Morgan fingerprint density at radius 2 is 2.05 bits per heavy atom. The maximum Gasteiger partial charge on any atom is 0.0369 e. The van der Waals surface area contributed by atoms with Crippen LogP contribution in [0, 0.1) is 0 Å². The summed E-state index contributed by atoms with van der Waals surface area (Å²) in [7, 11) is 0. The van der Waals surface area contributed by atoms with Gasteiger partial charge in [0.25, 0.3) is 0 Å². The van der Waals surface area contributed by atoms with Crippen molar-refractivity contribution in [3.63, 3.8) is 0 Å². The van der Waals surface area contributed by atoms with Gasteiger partial charge >= 0.3 is 0 Å². The van der Waals surface area contributed by atoms with Gasteiger partial charge in [-0.25, -0.2) is 0 Å². The highest BCUT2D eigenvalue weighted by atomic mass is 79.9. The first-order valence-electron chi connectivity index (χ1n) is 6.40. The summed E-state index contributed by atoms with van der Waals surface area (Å²) < 4.78 is 2.32. The molecule has 0 spiro atoms. The van der Waals surface area contributed by atoms with E-state index in [1.807, 2.05) is 11.3 Å². The monoisotopic (exact) mass is 401 g/mol. The largest absolute Gasteiger partial charge is 0.310 e. The lowest BCUT2D eigenvalue weighted by atomic mass is 10.0. The SMILES string of the molecule is CCCNC(Cc1cc(Br)cs1)c1cccc(Br)c1. The topological polar surface area (TPSA) is 12.0 Å². The van der Waals surface area contributed by atoms with Gasteiger partial charge in [0.15, 0.2) is 0 Å². The Balaban J connectivity index is 2.15. The van der Waals surface area contributed by atoms with Gasteiger partial charge in [0.05, 0.1) is 0 Å². The molecule has 1 aromatic carbocycles. The van der Waals surface area contributed by atoms with E-state index in [2.05, 4.69) is 79.8 Å². The number of hydrogen-bond acceptors (Lipinski definition) is 2. The first kappa shape index (κ1) is 15.2. The number of thiophene rings is 1. The lowest BCUT2D eigenvalue weighted by Crippen LogP contribution is -2.23. The van der Waals surface area contributed by atoms with Crippen molar-refractivity contribution in [2.24, 2.45) is 0 Å². The second kappa shape index (κ2) is 7.58. The summed E-state index contributed by atoms with van der Waals surface area (Å²) in [6.07, 6.45) is 2.19. The van der Waals surface area contributed by atoms with Crippen LogP contribution in [-0.4, -0.2) is 6.54 Å². The average Bonchev–Trinajstić information content (AvgIpc) is 2.80. The summed E-state index contributed by atoms with van der Waals surface area (Å²) in [5.74, 6) is 0. The normalized spacial score (nSPS) is 12.6. The smallest absolute Gasteiger partial charge is 0.0369 e. The standard InChI is InChI=1S/C15H17Br2NS/c1-2-6-18-15(9-14-8-13(17)10-19-14)11-4-3-5-12(16)7-11/h3-5,7-8,10,15,18H,2,6,9H2,1H3. The molecule has 0 saturated heterocycles. The van der Waals surface area contributed by atoms with Crippen LogP contribution in [0.2, 0.25) is 0 Å². The van der Waals surface area contributed by atoms with Gasteiger partial charge in [-0.3, -0.25) is 0 Å². The van der Waals surface area contributed by atoms with Crippen LogP contribution < -0.4 is 5.32 Å². The quantitative estimate of drug-likeness (QED) is 0.667. The van der Waals surface area contributed by atoms with Crippen LogP contribution in [0.15, 0.2) is 44.7 Å². The van der Waals surface area contributed by atoms with E-state index in [9.17, 15) is 0 Å². The third-order valence-corrected chi connectivity index (χ3v) is 5.13. The van der Waals surface area contributed by atoms with E-state index in [1.165, 1.54) is 14.9 Å². The fourth-order valence-corrected chi connectivity index (χ4v) is 3.93. The maximum atomic E-state index is 3.64. The number of hydrogen-bond donors (Lipinski definition) is 1. The van der Waals surface area contributed by atoms with Crippen molar-refractivity contribution in [3.8, 4) is 0 Å². The summed E-state index contributed by atoms with van der Waals surface area (Å²) in [5, 5.41) is 5.79. The van der Waals surface area contributed by atoms with Crippen molar-refractivity contribution in [2.75, 3.05) is 6.54 Å². The molecule has 0 aliphatic heterocycles. The first-order valence-corrected chi connectivity index (χ1v) is 8.87. The highest BCUT2D eigenvalue weighted by Crippen LogP contribution is 2.26. The average molecular weight is 403 g/mol. The Morgan fingerprint density at radius 3 is 2.68 bits per heavy atom. The van der Waals surface area contributed by atoms with Crippen molar-refractivity contribution in [1.82, 2.24) is 5.32 Å². The van der Waals surface area contributed by atoms with E-state index >= 15 is 0 Å². The second-order valence-corrected chi connectivity index (χ2v) is 7.32. The molecule has 0 amide bonds. The van der Waals surface area contributed by atoms with E-state index in [0.29, 0.717) is 6.04 Å². The molecule has 1 N–H and O–H groups in total. The number of halogens is 2. The Kier molecular flexibility index (Phi) is 6.07. The zero-order chi connectivity index (χ0) is 13.7. The molecule has 0 saturated carbocycles. The third-order valence-electron chi connectivity index (χ3n) is 2.92. The summed E-state index contributed by atoms with van der Waals surface area (Å²) in [6.45, 7) is 3.25. The van der Waals surface area contributed by atoms with Gasteiger partial charge in [-0.15, -0.1) is 11.3 Å². The van der Waals surface area contributed by atoms with Crippen molar-refractivity contribution in [1.29, 1.82) is 0 Å². The molecule has 0 bridgehead atoms. The van der Waals surface area contributed by atoms with E-state index in [1.54, 1.807) is 0 Å². The maximum absolute atomic E-state index is 3.64. The van der Waals surface area contributed by atoms with Crippen molar-refractivity contribution < 1.29 is 0 Å². The van der Waals surface area contributed by atoms with E-state index in [4.69, 9.17) is 0 Å². The molecule has 4 heteroatoms. The Morgan fingerprint density at radius 1 is 1.21 bits per heavy atom. The molecule has 1 unspecified atom stereocenters. The van der Waals surface area contributed by atoms with Crippen LogP contribution in [0.3, 0.4) is 0 Å². The van der Waals surface area contributed by atoms with Crippen molar-refractivity contribution in [3.05, 3.63) is 55.1 Å². The molecule has 0 fully saturated rings. The highest BCUT2D eigenvalue weighted by molar-refractivity contribution is 9.10. The zero-order valence-electron chi connectivity index (χ0n) is 10.8. The molecule has 2 aromatic rings. The fraction of sp³-hybridized carbons (Fsp3) is 0.333. The molecule has 102 valence electrons. The van der Waals surface area contributed by atoms with Gasteiger partial charge < -0.3 is 5.32 Å². The van der Waals surface area contributed by atoms with Gasteiger partial charge in [-0.05, 0) is 52.7 Å². The molecule has 0 aliphatic carbocycles. The number of rotatable bonds is 6. The van der Waals surface area contributed by atoms with E-state index < -0.39 is 0 Å². The first-order chi connectivity index (χ1) is 9.19. The summed E-state index contributed by atoms with van der Waals surface area (Å²) in [6, 6.07) is 11.2. The minimum absolute atomic E-state index is 0.378. The van der Waals surface area contributed by atoms with Crippen LogP contribution in [0.4, 0.5) is 0 Å². The van der Waals surface area contributed by atoms with Gasteiger partial charge in [0.2, 0.25) is 0 Å². The molecule has 0 aliphatic rings. The molecular formula is C15H17Br2NS. The molecule has 1 nitrogen and oxygen atoms in total. The molecule has 19 heavy (non-hydrogen) atoms.